The van der Waals surface area contributed by atoms with Crippen LogP contribution in [0.3, 0.4) is 0 Å². The molecule has 1 aliphatic heterocycles. The zero-order valence-electron chi connectivity index (χ0n) is 17.5. The summed E-state index contributed by atoms with van der Waals surface area (Å²) in [5.41, 5.74) is -1.47. The lowest BCUT2D eigenvalue weighted by Gasteiger charge is -2.54. The van der Waals surface area contributed by atoms with Crippen molar-refractivity contribution >= 4 is 35.1 Å². The van der Waals surface area contributed by atoms with Gasteiger partial charge in [0.15, 0.2) is 5.11 Å². The molecule has 6 rings (SSSR count). The van der Waals surface area contributed by atoms with Crippen molar-refractivity contribution in [3.8, 4) is 0 Å². The van der Waals surface area contributed by atoms with E-state index in [4.69, 9.17) is 17.0 Å². The van der Waals surface area contributed by atoms with Gasteiger partial charge in [0.2, 0.25) is 11.8 Å². The minimum absolute atomic E-state index is 0.0876. The van der Waals surface area contributed by atoms with E-state index in [9.17, 15) is 14.4 Å². The Hall–Kier alpha value is -1.76. The van der Waals surface area contributed by atoms with Crippen molar-refractivity contribution < 1.29 is 19.1 Å². The number of rotatable bonds is 5. The summed E-state index contributed by atoms with van der Waals surface area (Å²) < 4.78 is 5.77. The molecule has 0 aromatic rings. The van der Waals surface area contributed by atoms with Gasteiger partial charge in [-0.05, 0) is 86.8 Å². The molecule has 6 nitrogen and oxygen atoms in total. The van der Waals surface area contributed by atoms with Gasteiger partial charge < -0.3 is 10.1 Å². The van der Waals surface area contributed by atoms with Crippen LogP contribution in [-0.4, -0.2) is 41.5 Å². The van der Waals surface area contributed by atoms with E-state index < -0.39 is 23.2 Å². The Morgan fingerprint density at radius 1 is 1.20 bits per heavy atom. The molecule has 7 heteroatoms. The number of esters is 1. The first-order chi connectivity index (χ1) is 14.4. The van der Waals surface area contributed by atoms with E-state index in [0.717, 1.165) is 18.3 Å². The van der Waals surface area contributed by atoms with Crippen LogP contribution in [0, 0.1) is 40.9 Å². The van der Waals surface area contributed by atoms with E-state index in [1.165, 1.54) is 37.0 Å². The molecular formula is C23H30N2O4S. The predicted octanol–water partition coefficient (Wildman–Crippen LogP) is 2.82. The lowest BCUT2D eigenvalue weighted by atomic mass is 9.52. The maximum absolute atomic E-state index is 13.2. The van der Waals surface area contributed by atoms with E-state index in [1.807, 2.05) is 12.2 Å². The van der Waals surface area contributed by atoms with Gasteiger partial charge in [0, 0.05) is 13.0 Å². The molecule has 5 aliphatic carbocycles. The van der Waals surface area contributed by atoms with Gasteiger partial charge in [-0.2, -0.15) is 0 Å². The topological polar surface area (TPSA) is 75.7 Å². The number of hydrogen-bond acceptors (Lipinski definition) is 5. The van der Waals surface area contributed by atoms with Gasteiger partial charge in [-0.15, -0.1) is 0 Å². The molecular weight excluding hydrogens is 400 g/mol. The average molecular weight is 431 g/mol. The van der Waals surface area contributed by atoms with Crippen molar-refractivity contribution in [1.82, 2.24) is 10.2 Å². The zero-order valence-corrected chi connectivity index (χ0v) is 18.3. The lowest BCUT2D eigenvalue weighted by molar-refractivity contribution is -0.164. The summed E-state index contributed by atoms with van der Waals surface area (Å²) in [7, 11) is 1.55. The molecule has 6 aliphatic rings. The van der Waals surface area contributed by atoms with Crippen LogP contribution in [0.2, 0.25) is 0 Å². The second-order valence-corrected chi connectivity index (χ2v) is 10.5. The number of allylic oxidation sites excluding steroid dienone is 2. The quantitative estimate of drug-likeness (QED) is 0.314. The van der Waals surface area contributed by atoms with Crippen LogP contribution in [0.1, 0.15) is 51.4 Å². The average Bonchev–Trinajstić information content (AvgIpc) is 3.24. The predicted molar refractivity (Wildman–Crippen MR) is 114 cm³/mol. The summed E-state index contributed by atoms with van der Waals surface area (Å²) in [5.74, 6) is 1.89. The Bertz CT molecular complexity index is 796. The maximum atomic E-state index is 13.2. The number of hydrogen-bond donors (Lipinski definition) is 1. The molecule has 1 heterocycles. The molecule has 30 heavy (non-hydrogen) atoms. The van der Waals surface area contributed by atoms with E-state index in [2.05, 4.69) is 5.32 Å². The lowest BCUT2D eigenvalue weighted by Crippen LogP contribution is -2.65. The minimum atomic E-state index is -1.47. The Morgan fingerprint density at radius 2 is 1.87 bits per heavy atom. The number of ether oxygens (including phenoxy) is 1. The number of nitrogens with one attached hydrogen (secondary N) is 1. The first-order valence-electron chi connectivity index (χ1n) is 11.3. The first kappa shape index (κ1) is 20.2. The van der Waals surface area contributed by atoms with Gasteiger partial charge >= 0.3 is 5.97 Å². The van der Waals surface area contributed by atoms with Crippen molar-refractivity contribution in [3.05, 3.63) is 12.2 Å². The SMILES string of the molecule is CN1C(=O)C(CC(=O)OCC2C3CC4CC(C3)CC2C4)(C2C=CCC2)C(=O)NC1=S. The van der Waals surface area contributed by atoms with Gasteiger partial charge in [0.25, 0.3) is 0 Å². The highest BCUT2D eigenvalue weighted by Crippen LogP contribution is 2.56. The molecule has 1 N–H and O–H groups in total. The Labute approximate surface area is 182 Å². The van der Waals surface area contributed by atoms with Crippen LogP contribution in [0.15, 0.2) is 12.2 Å². The fraction of sp³-hybridized carbons (Fsp3) is 0.739. The second kappa shape index (κ2) is 7.43. The van der Waals surface area contributed by atoms with Gasteiger partial charge in [0.05, 0.1) is 13.0 Å². The molecule has 162 valence electrons. The van der Waals surface area contributed by atoms with Crippen molar-refractivity contribution in [2.75, 3.05) is 13.7 Å². The van der Waals surface area contributed by atoms with Crippen molar-refractivity contribution in [1.29, 1.82) is 0 Å². The van der Waals surface area contributed by atoms with Crippen molar-refractivity contribution in [3.63, 3.8) is 0 Å². The third-order valence-corrected chi connectivity index (χ3v) is 8.92. The van der Waals surface area contributed by atoms with Crippen LogP contribution in [-0.2, 0) is 19.1 Å². The molecule has 2 atom stereocenters. The summed E-state index contributed by atoms with van der Waals surface area (Å²) in [6, 6.07) is 0. The second-order valence-electron chi connectivity index (χ2n) is 10.2. The molecule has 0 radical (unpaired) electrons. The molecule has 0 spiro atoms. The Kier molecular flexibility index (Phi) is 4.99. The zero-order chi connectivity index (χ0) is 21.0. The third kappa shape index (κ3) is 3.12. The fourth-order valence-corrected chi connectivity index (χ4v) is 7.39. The van der Waals surface area contributed by atoms with Crippen LogP contribution in [0.25, 0.3) is 0 Å². The number of carbonyl (C=O) groups is 3. The smallest absolute Gasteiger partial charge is 0.307 e. The molecule has 4 bridgehead atoms. The summed E-state index contributed by atoms with van der Waals surface area (Å²) in [6.45, 7) is 0.425. The standard InChI is InChI=1S/C23H30N2O4S/c1-25-21(28)23(17-4-2-3-5-17,20(27)24-22(25)30)11-19(26)29-12-18-15-7-13-6-14(9-15)10-16(18)8-13/h2,4,13-18H,3,5-12H2,1H3,(H,24,27,30). The summed E-state index contributed by atoms with van der Waals surface area (Å²) in [4.78, 5) is 40.5. The van der Waals surface area contributed by atoms with Gasteiger partial charge in [0.1, 0.15) is 5.41 Å². The third-order valence-electron chi connectivity index (χ3n) is 8.54. The largest absolute Gasteiger partial charge is 0.465 e. The van der Waals surface area contributed by atoms with Crippen LogP contribution < -0.4 is 5.32 Å². The summed E-state index contributed by atoms with van der Waals surface area (Å²) >= 11 is 5.11. The highest BCUT2D eigenvalue weighted by Gasteiger charge is 2.58. The molecule has 2 unspecified atom stereocenters. The van der Waals surface area contributed by atoms with Gasteiger partial charge in [-0.1, -0.05) is 12.2 Å². The maximum Gasteiger partial charge on any atom is 0.307 e. The summed E-state index contributed by atoms with van der Waals surface area (Å²) in [6.07, 6.45) is 11.6. The van der Waals surface area contributed by atoms with E-state index in [1.54, 1.807) is 7.05 Å². The normalized spacial score (nSPS) is 42.0. The Balaban J connectivity index is 1.30. The Morgan fingerprint density at radius 3 is 2.47 bits per heavy atom. The highest BCUT2D eigenvalue weighted by atomic mass is 32.1. The number of nitrogens with zero attached hydrogens (tertiary/aromatic N) is 1. The van der Waals surface area contributed by atoms with Crippen LogP contribution in [0.5, 0.6) is 0 Å². The van der Waals surface area contributed by atoms with Crippen molar-refractivity contribution in [2.45, 2.75) is 51.4 Å². The van der Waals surface area contributed by atoms with Crippen LogP contribution in [0.4, 0.5) is 0 Å². The number of thiocarbonyl (C=S) groups is 1. The van der Waals surface area contributed by atoms with Gasteiger partial charge in [-0.3, -0.25) is 19.3 Å². The molecule has 0 aromatic heterocycles. The monoisotopic (exact) mass is 430 g/mol. The van der Waals surface area contributed by atoms with Crippen LogP contribution >= 0.6 is 12.2 Å². The molecule has 5 fully saturated rings. The van der Waals surface area contributed by atoms with E-state index >= 15 is 0 Å². The summed E-state index contributed by atoms with van der Waals surface area (Å²) in [5, 5.41) is 2.72. The van der Waals surface area contributed by atoms with Gasteiger partial charge in [-0.25, -0.2) is 0 Å². The minimum Gasteiger partial charge on any atom is -0.465 e. The molecule has 4 saturated carbocycles. The molecule has 2 amide bonds. The molecule has 0 aromatic carbocycles. The number of carbonyl (C=O) groups excluding carboxylic acids is 3. The van der Waals surface area contributed by atoms with E-state index in [0.29, 0.717) is 30.8 Å². The fourth-order valence-electron chi connectivity index (χ4n) is 7.22. The van der Waals surface area contributed by atoms with E-state index in [-0.39, 0.29) is 17.5 Å². The molecule has 1 saturated heterocycles. The van der Waals surface area contributed by atoms with Crippen molar-refractivity contribution in [2.24, 2.45) is 40.9 Å². The highest BCUT2D eigenvalue weighted by molar-refractivity contribution is 7.80. The number of amides is 2. The first-order valence-corrected chi connectivity index (χ1v) is 11.7.